The summed E-state index contributed by atoms with van der Waals surface area (Å²) in [6, 6.07) is 8.31. The summed E-state index contributed by atoms with van der Waals surface area (Å²) in [5, 5.41) is 20.6. The van der Waals surface area contributed by atoms with E-state index in [9.17, 15) is 23.5 Å². The molecule has 0 radical (unpaired) electrons. The minimum Gasteiger partial charge on any atom is -0.476 e. The average molecular weight is 507 g/mol. The van der Waals surface area contributed by atoms with Crippen molar-refractivity contribution in [2.75, 3.05) is 11.4 Å². The third kappa shape index (κ3) is 4.20. The Kier molecular flexibility index (Phi) is 5.62. The molecule has 2 aliphatic rings. The van der Waals surface area contributed by atoms with Crippen LogP contribution in [0.3, 0.4) is 0 Å². The van der Waals surface area contributed by atoms with E-state index in [1.165, 1.54) is 18.3 Å². The van der Waals surface area contributed by atoms with E-state index in [4.69, 9.17) is 0 Å². The monoisotopic (exact) mass is 506 g/mol. The largest absolute Gasteiger partial charge is 0.476 e. The van der Waals surface area contributed by atoms with E-state index in [0.29, 0.717) is 49.0 Å². The van der Waals surface area contributed by atoms with Gasteiger partial charge < -0.3 is 15.3 Å². The predicted octanol–water partition coefficient (Wildman–Crippen LogP) is 3.59. The molecule has 4 aromatic rings. The summed E-state index contributed by atoms with van der Waals surface area (Å²) in [7, 11) is 0. The van der Waals surface area contributed by atoms with Crippen LogP contribution in [0.1, 0.15) is 57.4 Å². The second-order valence-corrected chi connectivity index (χ2v) is 9.50. The smallest absolute Gasteiger partial charge is 0.356 e. The fourth-order valence-electron chi connectivity index (χ4n) is 5.43. The summed E-state index contributed by atoms with van der Waals surface area (Å²) in [4.78, 5) is 26.5. The normalized spacial score (nSPS) is 19.2. The molecule has 6 rings (SSSR count). The topological polar surface area (TPSA) is 105 Å². The van der Waals surface area contributed by atoms with E-state index in [0.717, 1.165) is 29.9 Å². The Labute approximate surface area is 210 Å². The van der Waals surface area contributed by atoms with Crippen LogP contribution < -0.4 is 10.2 Å². The van der Waals surface area contributed by atoms with Gasteiger partial charge >= 0.3 is 5.97 Å². The van der Waals surface area contributed by atoms with Crippen molar-refractivity contribution in [2.24, 2.45) is 0 Å². The van der Waals surface area contributed by atoms with E-state index in [2.05, 4.69) is 15.5 Å². The quantitative estimate of drug-likeness (QED) is 0.429. The second kappa shape index (κ2) is 8.99. The Morgan fingerprint density at radius 1 is 1.08 bits per heavy atom. The van der Waals surface area contributed by atoms with Crippen LogP contribution in [0.4, 0.5) is 14.5 Å². The number of pyridine rings is 1. The lowest BCUT2D eigenvalue weighted by molar-refractivity contribution is 0.0689. The summed E-state index contributed by atoms with van der Waals surface area (Å²) < 4.78 is 31.7. The second-order valence-electron chi connectivity index (χ2n) is 9.50. The van der Waals surface area contributed by atoms with Gasteiger partial charge in [-0.15, -0.1) is 0 Å². The zero-order valence-electron chi connectivity index (χ0n) is 19.8. The molecule has 3 aromatic heterocycles. The molecule has 0 aliphatic carbocycles. The molecule has 5 heterocycles. The average Bonchev–Trinajstić information content (AvgIpc) is 3.62. The lowest BCUT2D eigenvalue weighted by atomic mass is 10.0. The van der Waals surface area contributed by atoms with Crippen molar-refractivity contribution in [1.29, 1.82) is 0 Å². The molecule has 2 N–H and O–H groups in total. The number of hydrogen-bond acceptors (Lipinski definition) is 5. The summed E-state index contributed by atoms with van der Waals surface area (Å²) >= 11 is 0. The Balaban J connectivity index is 1.24. The number of aromatic carboxylic acids is 1. The molecule has 2 aliphatic heterocycles. The first kappa shape index (κ1) is 23.1. The number of carboxylic acids is 1. The van der Waals surface area contributed by atoms with Gasteiger partial charge in [0, 0.05) is 48.7 Å². The van der Waals surface area contributed by atoms with Gasteiger partial charge in [-0.3, -0.25) is 9.48 Å². The number of carbonyl (C=O) groups is 2. The fraction of sp³-hybridized carbons (Fsp3) is 0.308. The van der Waals surface area contributed by atoms with Gasteiger partial charge in [-0.25, -0.2) is 18.1 Å². The lowest BCUT2D eigenvalue weighted by Crippen LogP contribution is -2.40. The van der Waals surface area contributed by atoms with Crippen LogP contribution in [0.15, 0.2) is 48.8 Å². The molecule has 1 fully saturated rings. The van der Waals surface area contributed by atoms with Gasteiger partial charge in [0.05, 0.1) is 23.3 Å². The van der Waals surface area contributed by atoms with E-state index in [1.807, 2.05) is 17.0 Å². The maximum atomic E-state index is 14.5. The van der Waals surface area contributed by atoms with Crippen molar-refractivity contribution in [1.82, 2.24) is 24.7 Å². The highest BCUT2D eigenvalue weighted by Gasteiger charge is 2.30. The van der Waals surface area contributed by atoms with Crippen LogP contribution in [-0.2, 0) is 13.0 Å². The molecule has 9 nitrogen and oxygen atoms in total. The van der Waals surface area contributed by atoms with E-state index < -0.39 is 17.6 Å². The van der Waals surface area contributed by atoms with Gasteiger partial charge in [-0.2, -0.15) is 10.2 Å². The third-order valence-corrected chi connectivity index (χ3v) is 7.21. The van der Waals surface area contributed by atoms with Gasteiger partial charge in [0.2, 0.25) is 0 Å². The van der Waals surface area contributed by atoms with Gasteiger partial charge in [0.15, 0.2) is 5.69 Å². The minimum atomic E-state index is -1.08. The highest BCUT2D eigenvalue weighted by Crippen LogP contribution is 2.38. The number of carbonyl (C=O) groups excluding carboxylic acids is 1. The number of nitrogens with zero attached hydrogens (tertiary/aromatic N) is 5. The van der Waals surface area contributed by atoms with Crippen molar-refractivity contribution in [3.63, 3.8) is 0 Å². The highest BCUT2D eigenvalue weighted by molar-refractivity contribution is 6.01. The molecule has 0 spiro atoms. The molecular formula is C26H24F2N6O3. The predicted molar refractivity (Wildman–Crippen MR) is 130 cm³/mol. The zero-order valence-corrected chi connectivity index (χ0v) is 19.8. The summed E-state index contributed by atoms with van der Waals surface area (Å²) in [5.74, 6) is -2.27. The van der Waals surface area contributed by atoms with Gasteiger partial charge in [-0.1, -0.05) is 0 Å². The van der Waals surface area contributed by atoms with Crippen LogP contribution in [0.2, 0.25) is 0 Å². The first-order valence-electron chi connectivity index (χ1n) is 12.2. The summed E-state index contributed by atoms with van der Waals surface area (Å²) in [6.07, 6.45) is 5.90. The van der Waals surface area contributed by atoms with Crippen LogP contribution >= 0.6 is 0 Å². The number of carboxylic acid groups (broad SMARTS) is 1. The fourth-order valence-corrected chi connectivity index (χ4v) is 5.43. The highest BCUT2D eigenvalue weighted by atomic mass is 19.1. The minimum absolute atomic E-state index is 0.00419. The van der Waals surface area contributed by atoms with Crippen molar-refractivity contribution in [3.8, 4) is 0 Å². The molecule has 0 saturated carbocycles. The number of nitrogens with one attached hydrogen (secondary N) is 1. The Hall–Kier alpha value is -4.28. The van der Waals surface area contributed by atoms with E-state index in [1.54, 1.807) is 15.4 Å². The van der Waals surface area contributed by atoms with Gasteiger partial charge in [-0.05, 0) is 55.7 Å². The maximum absolute atomic E-state index is 14.5. The van der Waals surface area contributed by atoms with E-state index >= 15 is 0 Å². The Morgan fingerprint density at radius 3 is 2.78 bits per heavy atom. The SMILES string of the molecule is O=C(O)c1cc2n(n1)CCC(NC(=O)c1cnn3ccc(N4CCCC4c4cc(F)ccc4F)cc13)C2. The molecule has 1 aromatic carbocycles. The molecule has 37 heavy (non-hydrogen) atoms. The number of anilines is 1. The Bertz CT molecular complexity index is 1530. The molecule has 11 heteroatoms. The van der Waals surface area contributed by atoms with Gasteiger partial charge in [0.1, 0.15) is 11.6 Å². The van der Waals surface area contributed by atoms with Crippen molar-refractivity contribution < 1.29 is 23.5 Å². The lowest BCUT2D eigenvalue weighted by Gasteiger charge is -2.27. The number of halogens is 2. The number of benzene rings is 1. The number of amides is 1. The van der Waals surface area contributed by atoms with Crippen molar-refractivity contribution in [2.45, 2.75) is 44.3 Å². The first-order chi connectivity index (χ1) is 17.9. The van der Waals surface area contributed by atoms with E-state index in [-0.39, 0.29) is 23.7 Å². The van der Waals surface area contributed by atoms with Crippen LogP contribution in [0, 0.1) is 11.6 Å². The van der Waals surface area contributed by atoms with Crippen LogP contribution in [-0.4, -0.2) is 49.0 Å². The molecule has 1 saturated heterocycles. The summed E-state index contributed by atoms with van der Waals surface area (Å²) in [5.41, 5.74) is 2.90. The maximum Gasteiger partial charge on any atom is 0.356 e. The number of rotatable bonds is 5. The summed E-state index contributed by atoms with van der Waals surface area (Å²) in [6.45, 7) is 1.19. The number of aromatic nitrogens is 4. The Morgan fingerprint density at radius 2 is 1.95 bits per heavy atom. The standard InChI is InChI=1S/C26H24F2N6O3/c27-15-3-4-21(28)19(10-15)23-2-1-7-32(23)17-6-9-34-24(13-17)20(14-29-34)25(35)30-16-5-8-33-18(11-16)12-22(31-33)26(36)37/h3-4,6,9-10,12-14,16,23H,1-2,5,7-8,11H2,(H,30,35)(H,36,37). The first-order valence-corrected chi connectivity index (χ1v) is 12.2. The third-order valence-electron chi connectivity index (χ3n) is 7.21. The molecule has 190 valence electrons. The molecule has 0 bridgehead atoms. The number of fused-ring (bicyclic) bond motifs is 2. The number of hydrogen-bond donors (Lipinski definition) is 2. The van der Waals surface area contributed by atoms with Gasteiger partial charge in [0.25, 0.3) is 5.91 Å². The van der Waals surface area contributed by atoms with Crippen LogP contribution in [0.25, 0.3) is 5.52 Å². The molecule has 2 unspecified atom stereocenters. The van der Waals surface area contributed by atoms with Crippen LogP contribution in [0.5, 0.6) is 0 Å². The molecule has 2 atom stereocenters. The van der Waals surface area contributed by atoms with Crippen molar-refractivity contribution >= 4 is 23.1 Å². The molecular weight excluding hydrogens is 482 g/mol. The van der Waals surface area contributed by atoms with Crippen molar-refractivity contribution in [3.05, 3.63) is 82.9 Å². The zero-order chi connectivity index (χ0) is 25.7. The number of aryl methyl sites for hydroxylation is 1. The molecule has 1 amide bonds.